The topological polar surface area (TPSA) is 56.9 Å². The molecular weight excluding hydrogens is 242 g/mol. The summed E-state index contributed by atoms with van der Waals surface area (Å²) < 4.78 is 2.94. The SMILES string of the molecule is O=c1ccccn1CCn1cnc(Cl)cc1=O. The van der Waals surface area contributed by atoms with E-state index in [9.17, 15) is 9.59 Å². The Balaban J connectivity index is 2.16. The van der Waals surface area contributed by atoms with E-state index in [4.69, 9.17) is 11.6 Å². The molecule has 0 fully saturated rings. The summed E-state index contributed by atoms with van der Waals surface area (Å²) in [4.78, 5) is 26.7. The standard InChI is InChI=1S/C11H10ClN3O2/c12-9-7-11(17)15(8-13-9)6-5-14-4-2-1-3-10(14)16/h1-4,7-8H,5-6H2. The van der Waals surface area contributed by atoms with Gasteiger partial charge in [0.05, 0.1) is 6.33 Å². The van der Waals surface area contributed by atoms with Gasteiger partial charge in [0, 0.05) is 31.4 Å². The van der Waals surface area contributed by atoms with Crippen LogP contribution in [0.25, 0.3) is 0 Å². The Morgan fingerprint density at radius 2 is 1.88 bits per heavy atom. The maximum atomic E-state index is 11.5. The highest BCUT2D eigenvalue weighted by atomic mass is 35.5. The van der Waals surface area contributed by atoms with Gasteiger partial charge in [-0.2, -0.15) is 0 Å². The number of hydrogen-bond acceptors (Lipinski definition) is 3. The van der Waals surface area contributed by atoms with Crippen molar-refractivity contribution in [2.75, 3.05) is 0 Å². The Bertz CT molecular complexity index is 633. The van der Waals surface area contributed by atoms with Gasteiger partial charge < -0.3 is 4.57 Å². The van der Waals surface area contributed by atoms with E-state index in [1.165, 1.54) is 27.6 Å². The number of hydrogen-bond donors (Lipinski definition) is 0. The lowest BCUT2D eigenvalue weighted by Crippen LogP contribution is -2.25. The van der Waals surface area contributed by atoms with E-state index in [1.54, 1.807) is 18.3 Å². The second-order valence-corrected chi connectivity index (χ2v) is 3.86. The predicted octanol–water partition coefficient (Wildman–Crippen LogP) is 0.759. The van der Waals surface area contributed by atoms with E-state index in [-0.39, 0.29) is 16.3 Å². The van der Waals surface area contributed by atoms with Crippen molar-refractivity contribution in [3.8, 4) is 0 Å². The van der Waals surface area contributed by atoms with Gasteiger partial charge in [-0.3, -0.25) is 14.2 Å². The Hall–Kier alpha value is -1.88. The Labute approximate surface area is 102 Å². The molecule has 88 valence electrons. The second kappa shape index (κ2) is 4.97. The van der Waals surface area contributed by atoms with Crippen LogP contribution in [0.2, 0.25) is 5.15 Å². The maximum Gasteiger partial charge on any atom is 0.254 e. The van der Waals surface area contributed by atoms with Crippen LogP contribution in [-0.2, 0) is 13.1 Å². The molecule has 0 aromatic carbocycles. The average Bonchev–Trinajstić information content (AvgIpc) is 2.30. The molecule has 17 heavy (non-hydrogen) atoms. The third kappa shape index (κ3) is 2.82. The maximum absolute atomic E-state index is 11.5. The fraction of sp³-hybridized carbons (Fsp3) is 0.182. The third-order valence-corrected chi connectivity index (χ3v) is 2.53. The highest BCUT2D eigenvalue weighted by Gasteiger charge is 1.99. The van der Waals surface area contributed by atoms with Gasteiger partial charge in [0.2, 0.25) is 0 Å². The van der Waals surface area contributed by atoms with Gasteiger partial charge in [-0.25, -0.2) is 4.98 Å². The molecule has 0 atom stereocenters. The van der Waals surface area contributed by atoms with E-state index >= 15 is 0 Å². The number of aromatic nitrogens is 3. The highest BCUT2D eigenvalue weighted by molar-refractivity contribution is 6.29. The first-order valence-corrected chi connectivity index (χ1v) is 5.42. The van der Waals surface area contributed by atoms with Gasteiger partial charge in [-0.15, -0.1) is 0 Å². The van der Waals surface area contributed by atoms with Crippen molar-refractivity contribution in [1.29, 1.82) is 0 Å². The first-order chi connectivity index (χ1) is 8.16. The molecule has 5 nitrogen and oxygen atoms in total. The molecule has 0 bridgehead atoms. The summed E-state index contributed by atoms with van der Waals surface area (Å²) in [6.07, 6.45) is 3.05. The Kier molecular flexibility index (Phi) is 3.39. The summed E-state index contributed by atoms with van der Waals surface area (Å²) in [6.45, 7) is 0.801. The van der Waals surface area contributed by atoms with Gasteiger partial charge in [0.1, 0.15) is 5.15 Å². The monoisotopic (exact) mass is 251 g/mol. The summed E-state index contributed by atoms with van der Waals surface area (Å²) in [5.41, 5.74) is -0.323. The van der Waals surface area contributed by atoms with E-state index < -0.39 is 0 Å². The normalized spacial score (nSPS) is 10.4. The third-order valence-electron chi connectivity index (χ3n) is 2.33. The number of aryl methyl sites for hydroxylation is 2. The molecule has 2 heterocycles. The van der Waals surface area contributed by atoms with E-state index in [0.717, 1.165) is 0 Å². The van der Waals surface area contributed by atoms with Crippen LogP contribution in [0.5, 0.6) is 0 Å². The Morgan fingerprint density at radius 3 is 2.59 bits per heavy atom. The van der Waals surface area contributed by atoms with Gasteiger partial charge in [-0.05, 0) is 6.07 Å². The van der Waals surface area contributed by atoms with Crippen molar-refractivity contribution < 1.29 is 0 Å². The molecular formula is C11H10ClN3O2. The van der Waals surface area contributed by atoms with Crippen LogP contribution in [0.4, 0.5) is 0 Å². The second-order valence-electron chi connectivity index (χ2n) is 3.48. The van der Waals surface area contributed by atoms with Crippen molar-refractivity contribution >= 4 is 11.6 Å². The molecule has 0 aliphatic heterocycles. The van der Waals surface area contributed by atoms with Crippen LogP contribution in [0.1, 0.15) is 0 Å². The molecule has 0 amide bonds. The number of halogens is 1. The van der Waals surface area contributed by atoms with Gasteiger partial charge in [0.15, 0.2) is 0 Å². The lowest BCUT2D eigenvalue weighted by Gasteiger charge is -2.06. The van der Waals surface area contributed by atoms with Gasteiger partial charge in [-0.1, -0.05) is 17.7 Å². The fourth-order valence-electron chi connectivity index (χ4n) is 1.43. The van der Waals surface area contributed by atoms with Crippen LogP contribution < -0.4 is 11.1 Å². The number of pyridine rings is 1. The summed E-state index contributed by atoms with van der Waals surface area (Å²) in [7, 11) is 0. The predicted molar refractivity (Wildman–Crippen MR) is 64.2 cm³/mol. The highest BCUT2D eigenvalue weighted by Crippen LogP contribution is 1.96. The number of rotatable bonds is 3. The molecule has 0 saturated carbocycles. The largest absolute Gasteiger partial charge is 0.314 e. The van der Waals surface area contributed by atoms with E-state index in [0.29, 0.717) is 13.1 Å². The summed E-state index contributed by atoms with van der Waals surface area (Å²) in [6, 6.07) is 6.16. The molecule has 0 unspecified atom stereocenters. The van der Waals surface area contributed by atoms with Crippen LogP contribution >= 0.6 is 11.6 Å². The first kappa shape index (κ1) is 11.6. The first-order valence-electron chi connectivity index (χ1n) is 5.04. The molecule has 0 N–H and O–H groups in total. The van der Waals surface area contributed by atoms with Crippen LogP contribution in [-0.4, -0.2) is 14.1 Å². The van der Waals surface area contributed by atoms with Crippen LogP contribution in [0.3, 0.4) is 0 Å². The zero-order valence-electron chi connectivity index (χ0n) is 8.91. The van der Waals surface area contributed by atoms with Gasteiger partial charge >= 0.3 is 0 Å². The molecule has 0 saturated heterocycles. The molecule has 2 aromatic heterocycles. The summed E-state index contributed by atoms with van der Waals surface area (Å²) in [5, 5.41) is 0.170. The quantitative estimate of drug-likeness (QED) is 0.757. The summed E-state index contributed by atoms with van der Waals surface area (Å²) in [5.74, 6) is 0. The molecule has 0 aliphatic rings. The van der Waals surface area contributed by atoms with E-state index in [2.05, 4.69) is 4.98 Å². The molecule has 0 radical (unpaired) electrons. The molecule has 2 aromatic rings. The van der Waals surface area contributed by atoms with Crippen molar-refractivity contribution in [3.63, 3.8) is 0 Å². The average molecular weight is 252 g/mol. The number of nitrogens with zero attached hydrogens (tertiary/aromatic N) is 3. The van der Waals surface area contributed by atoms with Crippen molar-refractivity contribution in [1.82, 2.24) is 14.1 Å². The van der Waals surface area contributed by atoms with Crippen molar-refractivity contribution in [2.45, 2.75) is 13.1 Å². The minimum atomic E-state index is -0.228. The Morgan fingerprint density at radius 1 is 1.12 bits per heavy atom. The van der Waals surface area contributed by atoms with Crippen LogP contribution in [0.15, 0.2) is 46.4 Å². The summed E-state index contributed by atoms with van der Waals surface area (Å²) >= 11 is 5.58. The lowest BCUT2D eigenvalue weighted by atomic mass is 10.4. The smallest absolute Gasteiger partial charge is 0.254 e. The minimum absolute atomic E-state index is 0.0949. The zero-order chi connectivity index (χ0) is 12.3. The molecule has 2 rings (SSSR count). The van der Waals surface area contributed by atoms with Crippen LogP contribution in [0, 0.1) is 0 Å². The molecule has 0 spiro atoms. The lowest BCUT2D eigenvalue weighted by molar-refractivity contribution is 0.546. The van der Waals surface area contributed by atoms with Crippen molar-refractivity contribution in [2.24, 2.45) is 0 Å². The minimum Gasteiger partial charge on any atom is -0.314 e. The van der Waals surface area contributed by atoms with E-state index in [1.807, 2.05) is 0 Å². The molecule has 6 heteroatoms. The molecule has 0 aliphatic carbocycles. The zero-order valence-corrected chi connectivity index (χ0v) is 9.67. The van der Waals surface area contributed by atoms with Crippen molar-refractivity contribution in [3.05, 3.63) is 62.7 Å². The fourth-order valence-corrected chi connectivity index (χ4v) is 1.57. The van der Waals surface area contributed by atoms with Gasteiger partial charge in [0.25, 0.3) is 11.1 Å².